The summed E-state index contributed by atoms with van der Waals surface area (Å²) in [7, 11) is 3.82. The van der Waals surface area contributed by atoms with Gasteiger partial charge in [0.15, 0.2) is 0 Å². The van der Waals surface area contributed by atoms with Crippen LogP contribution < -0.4 is 15.5 Å². The number of hydrogen-bond acceptors (Lipinski definition) is 4. The Labute approximate surface area is 112 Å². The Bertz CT molecular complexity index is 477. The van der Waals surface area contributed by atoms with Crippen LogP contribution in [0.2, 0.25) is 0 Å². The number of carbonyl (C=O) groups excluding carboxylic acids is 2. The first-order valence-electron chi connectivity index (χ1n) is 6.27. The number of piperidine rings is 1. The van der Waals surface area contributed by atoms with E-state index in [1.807, 2.05) is 25.1 Å². The third-order valence-electron chi connectivity index (χ3n) is 3.17. The predicted molar refractivity (Wildman–Crippen MR) is 72.9 cm³/mol. The van der Waals surface area contributed by atoms with Crippen LogP contribution in [0.4, 0.5) is 11.4 Å². The van der Waals surface area contributed by atoms with Crippen molar-refractivity contribution in [2.45, 2.75) is 12.8 Å². The summed E-state index contributed by atoms with van der Waals surface area (Å²) in [5, 5.41) is 5.59. The van der Waals surface area contributed by atoms with Gasteiger partial charge in [0.25, 0.3) is 0 Å². The molecule has 2 rings (SSSR count). The maximum Gasteiger partial charge on any atom is 0.229 e. The second-order valence-corrected chi connectivity index (χ2v) is 4.82. The molecule has 2 heterocycles. The lowest BCUT2D eigenvalue weighted by molar-refractivity contribution is -0.126. The molecule has 1 saturated heterocycles. The molecule has 1 aromatic heterocycles. The largest absolute Gasteiger partial charge is 0.376 e. The maximum atomic E-state index is 12.1. The van der Waals surface area contributed by atoms with E-state index in [4.69, 9.17) is 0 Å². The number of nitrogens with one attached hydrogen (secondary N) is 2. The predicted octanol–water partition coefficient (Wildman–Crippen LogP) is 0.612. The highest BCUT2D eigenvalue weighted by molar-refractivity contribution is 5.96. The second kappa shape index (κ2) is 5.69. The molecule has 6 nitrogen and oxygen atoms in total. The molecule has 2 amide bonds. The molecule has 6 heteroatoms. The van der Waals surface area contributed by atoms with Crippen molar-refractivity contribution in [1.82, 2.24) is 10.3 Å². The van der Waals surface area contributed by atoms with Crippen molar-refractivity contribution in [3.63, 3.8) is 0 Å². The molecule has 1 unspecified atom stereocenters. The Kier molecular flexibility index (Phi) is 3.99. The van der Waals surface area contributed by atoms with Crippen LogP contribution in [-0.2, 0) is 9.59 Å². The van der Waals surface area contributed by atoms with Gasteiger partial charge in [-0.15, -0.1) is 0 Å². The highest BCUT2D eigenvalue weighted by Crippen LogP contribution is 2.23. The second-order valence-electron chi connectivity index (χ2n) is 4.82. The van der Waals surface area contributed by atoms with E-state index >= 15 is 0 Å². The summed E-state index contributed by atoms with van der Waals surface area (Å²) in [6, 6.07) is 1.85. The van der Waals surface area contributed by atoms with Gasteiger partial charge in [0.05, 0.1) is 23.5 Å². The zero-order valence-corrected chi connectivity index (χ0v) is 11.1. The lowest BCUT2D eigenvalue weighted by Crippen LogP contribution is -2.40. The molecule has 0 radical (unpaired) electrons. The van der Waals surface area contributed by atoms with Crippen molar-refractivity contribution >= 4 is 23.2 Å². The van der Waals surface area contributed by atoms with E-state index in [0.717, 1.165) is 5.69 Å². The minimum absolute atomic E-state index is 0.0133. The van der Waals surface area contributed by atoms with Gasteiger partial charge in [-0.25, -0.2) is 0 Å². The fraction of sp³-hybridized carbons (Fsp3) is 0.462. The summed E-state index contributed by atoms with van der Waals surface area (Å²) in [6.07, 6.45) is 4.32. The standard InChI is InChI=1S/C13H18N4O2/c1-17(2)11-5-6-14-8-10(11)16-13(19)9-3-4-12(18)15-7-9/h5-6,8-9H,3-4,7H2,1-2H3,(H,15,18)(H,16,19). The molecule has 0 aliphatic carbocycles. The molecule has 19 heavy (non-hydrogen) atoms. The van der Waals surface area contributed by atoms with Gasteiger partial charge >= 0.3 is 0 Å². The van der Waals surface area contributed by atoms with Crippen molar-refractivity contribution in [1.29, 1.82) is 0 Å². The number of hydrogen-bond donors (Lipinski definition) is 2. The summed E-state index contributed by atoms with van der Waals surface area (Å²) in [5.74, 6) is -0.233. The summed E-state index contributed by atoms with van der Waals surface area (Å²) in [6.45, 7) is 0.405. The van der Waals surface area contributed by atoms with E-state index < -0.39 is 0 Å². The van der Waals surface area contributed by atoms with Gasteiger partial charge in [0.2, 0.25) is 11.8 Å². The van der Waals surface area contributed by atoms with Gasteiger partial charge in [0, 0.05) is 33.3 Å². The van der Waals surface area contributed by atoms with Crippen LogP contribution >= 0.6 is 0 Å². The normalized spacial score (nSPS) is 18.6. The SMILES string of the molecule is CN(C)c1ccncc1NC(=O)C1CCC(=O)NC1. The number of amides is 2. The molecule has 1 atom stereocenters. The number of nitrogens with zero attached hydrogens (tertiary/aromatic N) is 2. The first-order chi connectivity index (χ1) is 9.08. The molecular weight excluding hydrogens is 244 g/mol. The Balaban J connectivity index is 2.05. The molecule has 102 valence electrons. The van der Waals surface area contributed by atoms with Gasteiger partial charge < -0.3 is 15.5 Å². The molecule has 2 N–H and O–H groups in total. The number of anilines is 2. The van der Waals surface area contributed by atoms with E-state index in [2.05, 4.69) is 15.6 Å². The number of carbonyl (C=O) groups is 2. The number of pyridine rings is 1. The fourth-order valence-corrected chi connectivity index (χ4v) is 2.06. The van der Waals surface area contributed by atoms with Crippen LogP contribution in [0.1, 0.15) is 12.8 Å². The highest BCUT2D eigenvalue weighted by Gasteiger charge is 2.25. The lowest BCUT2D eigenvalue weighted by atomic mass is 9.98. The molecule has 0 aromatic carbocycles. The van der Waals surface area contributed by atoms with Crippen molar-refractivity contribution in [3.8, 4) is 0 Å². The zero-order valence-electron chi connectivity index (χ0n) is 11.1. The molecule has 1 aromatic rings. The van der Waals surface area contributed by atoms with Gasteiger partial charge in [-0.1, -0.05) is 0 Å². The van der Waals surface area contributed by atoms with Crippen molar-refractivity contribution in [2.75, 3.05) is 30.9 Å². The van der Waals surface area contributed by atoms with E-state index in [-0.39, 0.29) is 17.7 Å². The van der Waals surface area contributed by atoms with Crippen LogP contribution in [0.15, 0.2) is 18.5 Å². The molecular formula is C13H18N4O2. The molecule has 1 aliphatic heterocycles. The molecule has 0 saturated carbocycles. The minimum atomic E-state index is -0.173. The Morgan fingerprint density at radius 2 is 2.32 bits per heavy atom. The average Bonchev–Trinajstić information content (AvgIpc) is 2.39. The third-order valence-corrected chi connectivity index (χ3v) is 3.17. The van der Waals surface area contributed by atoms with Crippen LogP contribution in [0.3, 0.4) is 0 Å². The van der Waals surface area contributed by atoms with Crippen LogP contribution in [0.25, 0.3) is 0 Å². The quantitative estimate of drug-likeness (QED) is 0.837. The molecule has 1 fully saturated rings. The fourth-order valence-electron chi connectivity index (χ4n) is 2.06. The van der Waals surface area contributed by atoms with Gasteiger partial charge in [-0.3, -0.25) is 14.6 Å². The van der Waals surface area contributed by atoms with E-state index in [9.17, 15) is 9.59 Å². The topological polar surface area (TPSA) is 74.3 Å². The van der Waals surface area contributed by atoms with E-state index in [1.165, 1.54) is 0 Å². The summed E-state index contributed by atoms with van der Waals surface area (Å²) < 4.78 is 0. The monoisotopic (exact) mass is 262 g/mol. The van der Waals surface area contributed by atoms with Crippen LogP contribution in [-0.4, -0.2) is 37.4 Å². The van der Waals surface area contributed by atoms with Crippen molar-refractivity contribution in [3.05, 3.63) is 18.5 Å². The van der Waals surface area contributed by atoms with Crippen LogP contribution in [0, 0.1) is 5.92 Å². The smallest absolute Gasteiger partial charge is 0.229 e. The zero-order chi connectivity index (χ0) is 13.8. The molecule has 0 spiro atoms. The first kappa shape index (κ1) is 13.3. The third kappa shape index (κ3) is 3.21. The molecule has 0 bridgehead atoms. The summed E-state index contributed by atoms with van der Waals surface area (Å²) in [5.41, 5.74) is 1.59. The average molecular weight is 262 g/mol. The maximum absolute atomic E-state index is 12.1. The highest BCUT2D eigenvalue weighted by atomic mass is 16.2. The van der Waals surface area contributed by atoms with E-state index in [1.54, 1.807) is 12.4 Å². The van der Waals surface area contributed by atoms with Crippen LogP contribution in [0.5, 0.6) is 0 Å². The van der Waals surface area contributed by atoms with Gasteiger partial charge in [0.1, 0.15) is 0 Å². The lowest BCUT2D eigenvalue weighted by Gasteiger charge is -2.23. The minimum Gasteiger partial charge on any atom is -0.376 e. The van der Waals surface area contributed by atoms with Gasteiger partial charge in [-0.05, 0) is 12.5 Å². The number of aromatic nitrogens is 1. The Morgan fingerprint density at radius 1 is 1.53 bits per heavy atom. The Morgan fingerprint density at radius 3 is 2.95 bits per heavy atom. The summed E-state index contributed by atoms with van der Waals surface area (Å²) >= 11 is 0. The summed E-state index contributed by atoms with van der Waals surface area (Å²) in [4.78, 5) is 29.2. The van der Waals surface area contributed by atoms with Crippen molar-refractivity contribution < 1.29 is 9.59 Å². The first-order valence-corrected chi connectivity index (χ1v) is 6.27. The number of rotatable bonds is 3. The van der Waals surface area contributed by atoms with Crippen molar-refractivity contribution in [2.24, 2.45) is 5.92 Å². The van der Waals surface area contributed by atoms with Gasteiger partial charge in [-0.2, -0.15) is 0 Å². The van der Waals surface area contributed by atoms with E-state index in [0.29, 0.717) is 25.1 Å². The Hall–Kier alpha value is -2.11. The molecule has 1 aliphatic rings.